The van der Waals surface area contributed by atoms with E-state index in [9.17, 15) is 13.2 Å². The third kappa shape index (κ3) is 5.26. The van der Waals surface area contributed by atoms with Crippen LogP contribution in [0, 0.1) is 0 Å². The Morgan fingerprint density at radius 1 is 1.06 bits per heavy atom. The van der Waals surface area contributed by atoms with Gasteiger partial charge in [0.05, 0.1) is 4.90 Å². The molecule has 9 nitrogen and oxygen atoms in total. The van der Waals surface area contributed by atoms with Gasteiger partial charge in [-0.05, 0) is 48.5 Å². The Morgan fingerprint density at radius 2 is 1.83 bits per heavy atom. The molecule has 1 N–H and O–H groups in total. The molecule has 1 amide bonds. The highest BCUT2D eigenvalue weighted by Gasteiger charge is 2.22. The first-order valence-corrected chi connectivity index (χ1v) is 13.7. The SMILES string of the molecule is O=C(CCn1ccc2cc(Cl)ccc21)N1CCN(c2ccc(S(=O)(=O)Nc3ncns3)cc2)CC1. The van der Waals surface area contributed by atoms with Gasteiger partial charge in [0.2, 0.25) is 11.0 Å². The summed E-state index contributed by atoms with van der Waals surface area (Å²) in [6.45, 7) is 3.24. The zero-order valence-corrected chi connectivity index (χ0v) is 21.1. The second-order valence-electron chi connectivity index (χ2n) is 8.18. The number of benzene rings is 2. The van der Waals surface area contributed by atoms with Gasteiger partial charge < -0.3 is 14.4 Å². The summed E-state index contributed by atoms with van der Waals surface area (Å²) in [6.07, 6.45) is 3.72. The first-order valence-electron chi connectivity index (χ1n) is 11.1. The lowest BCUT2D eigenvalue weighted by Gasteiger charge is -2.36. The van der Waals surface area contributed by atoms with Crippen molar-refractivity contribution in [2.75, 3.05) is 35.8 Å². The van der Waals surface area contributed by atoms with E-state index >= 15 is 0 Å². The number of nitrogens with one attached hydrogen (secondary N) is 1. The van der Waals surface area contributed by atoms with E-state index in [-0.39, 0.29) is 15.9 Å². The van der Waals surface area contributed by atoms with Crippen molar-refractivity contribution in [3.8, 4) is 0 Å². The van der Waals surface area contributed by atoms with Gasteiger partial charge in [-0.2, -0.15) is 4.37 Å². The van der Waals surface area contributed by atoms with E-state index in [0.29, 0.717) is 44.2 Å². The molecule has 0 unspecified atom stereocenters. The fourth-order valence-corrected chi connectivity index (χ4v) is 6.02. The fraction of sp³-hybridized carbons (Fsp3) is 0.261. The minimum Gasteiger partial charge on any atom is -0.368 e. The molecule has 0 aliphatic carbocycles. The highest BCUT2D eigenvalue weighted by Crippen LogP contribution is 2.23. The number of hydrogen-bond acceptors (Lipinski definition) is 7. The van der Waals surface area contributed by atoms with Crippen LogP contribution in [-0.4, -0.2) is 59.3 Å². The summed E-state index contributed by atoms with van der Waals surface area (Å²) >= 11 is 7.04. The molecule has 0 bridgehead atoms. The van der Waals surface area contributed by atoms with E-state index in [0.717, 1.165) is 28.1 Å². The number of rotatable bonds is 7. The van der Waals surface area contributed by atoms with Gasteiger partial charge in [-0.3, -0.25) is 9.52 Å². The second kappa shape index (κ2) is 9.84. The Kier molecular flexibility index (Phi) is 6.63. The van der Waals surface area contributed by atoms with E-state index < -0.39 is 10.0 Å². The number of aryl methyl sites for hydroxylation is 1. The second-order valence-corrected chi connectivity index (χ2v) is 11.1. The monoisotopic (exact) mass is 530 g/mol. The van der Waals surface area contributed by atoms with E-state index in [1.807, 2.05) is 35.4 Å². The van der Waals surface area contributed by atoms with Crippen molar-refractivity contribution in [3.63, 3.8) is 0 Å². The highest BCUT2D eigenvalue weighted by molar-refractivity contribution is 7.93. The number of hydrogen-bond donors (Lipinski definition) is 1. The molecule has 35 heavy (non-hydrogen) atoms. The van der Waals surface area contributed by atoms with Crippen molar-refractivity contribution < 1.29 is 13.2 Å². The Morgan fingerprint density at radius 3 is 2.54 bits per heavy atom. The number of carbonyl (C=O) groups excluding carboxylic acids is 1. The van der Waals surface area contributed by atoms with Crippen LogP contribution in [0.15, 0.2) is 66.0 Å². The van der Waals surface area contributed by atoms with Crippen molar-refractivity contribution in [2.24, 2.45) is 0 Å². The van der Waals surface area contributed by atoms with Gasteiger partial charge in [0.15, 0.2) is 0 Å². The van der Waals surface area contributed by atoms with Gasteiger partial charge in [-0.1, -0.05) is 11.6 Å². The molecule has 0 atom stereocenters. The van der Waals surface area contributed by atoms with Crippen molar-refractivity contribution in [1.29, 1.82) is 0 Å². The van der Waals surface area contributed by atoms with E-state index in [2.05, 4.69) is 23.5 Å². The van der Waals surface area contributed by atoms with Crippen molar-refractivity contribution in [1.82, 2.24) is 18.8 Å². The summed E-state index contributed by atoms with van der Waals surface area (Å²) in [5, 5.41) is 1.99. The highest BCUT2D eigenvalue weighted by atomic mass is 35.5. The fourth-order valence-electron chi connectivity index (χ4n) is 4.18. The predicted octanol–water partition coefficient (Wildman–Crippen LogP) is 3.69. The molecule has 0 spiro atoms. The Bertz CT molecular complexity index is 1430. The average molecular weight is 531 g/mol. The molecule has 1 fully saturated rings. The summed E-state index contributed by atoms with van der Waals surface area (Å²) in [5.41, 5.74) is 1.99. The molecule has 0 radical (unpaired) electrons. The van der Waals surface area contributed by atoms with Crippen LogP contribution in [0.5, 0.6) is 0 Å². The maximum Gasteiger partial charge on any atom is 0.263 e. The quantitative estimate of drug-likeness (QED) is 0.391. The summed E-state index contributed by atoms with van der Waals surface area (Å²) in [5.74, 6) is 0.129. The third-order valence-corrected chi connectivity index (χ3v) is 8.33. The maximum atomic E-state index is 12.8. The van der Waals surface area contributed by atoms with Crippen LogP contribution >= 0.6 is 23.1 Å². The average Bonchev–Trinajstić information content (AvgIpc) is 3.52. The first kappa shape index (κ1) is 23.6. The molecule has 4 aromatic rings. The first-order chi connectivity index (χ1) is 16.9. The number of halogens is 1. The Balaban J connectivity index is 1.14. The summed E-state index contributed by atoms with van der Waals surface area (Å²) in [7, 11) is -3.71. The zero-order valence-electron chi connectivity index (χ0n) is 18.7. The maximum absolute atomic E-state index is 12.8. The smallest absolute Gasteiger partial charge is 0.263 e. The lowest BCUT2D eigenvalue weighted by atomic mass is 10.2. The molecule has 0 saturated carbocycles. The molecule has 3 heterocycles. The number of carbonyl (C=O) groups is 1. The normalized spacial score (nSPS) is 14.4. The van der Waals surface area contributed by atoms with Crippen LogP contribution in [-0.2, 0) is 21.4 Å². The predicted molar refractivity (Wildman–Crippen MR) is 138 cm³/mol. The number of anilines is 2. The van der Waals surface area contributed by atoms with Gasteiger partial charge in [0.25, 0.3) is 10.0 Å². The van der Waals surface area contributed by atoms with Gasteiger partial charge in [-0.25, -0.2) is 13.4 Å². The third-order valence-electron chi connectivity index (χ3n) is 6.03. The van der Waals surface area contributed by atoms with Gasteiger partial charge in [0.1, 0.15) is 6.33 Å². The van der Waals surface area contributed by atoms with Crippen molar-refractivity contribution in [3.05, 3.63) is 66.1 Å². The van der Waals surface area contributed by atoms with Crippen molar-refractivity contribution in [2.45, 2.75) is 17.9 Å². The van der Waals surface area contributed by atoms with Gasteiger partial charge >= 0.3 is 0 Å². The topological polar surface area (TPSA) is 100 Å². The molecule has 2 aromatic heterocycles. The zero-order chi connectivity index (χ0) is 24.4. The summed E-state index contributed by atoms with van der Waals surface area (Å²) in [6, 6.07) is 14.5. The Labute approximate surface area is 212 Å². The minimum absolute atomic E-state index is 0.129. The minimum atomic E-state index is -3.71. The largest absolute Gasteiger partial charge is 0.368 e. The van der Waals surface area contributed by atoms with Gasteiger partial charge in [0, 0.05) is 78.5 Å². The van der Waals surface area contributed by atoms with Gasteiger partial charge in [-0.15, -0.1) is 0 Å². The van der Waals surface area contributed by atoms with Crippen LogP contribution in [0.2, 0.25) is 5.02 Å². The number of amides is 1. The molecule has 5 rings (SSSR count). The van der Waals surface area contributed by atoms with Crippen LogP contribution in [0.1, 0.15) is 6.42 Å². The van der Waals surface area contributed by atoms with Crippen molar-refractivity contribution >= 4 is 60.8 Å². The lowest BCUT2D eigenvalue weighted by Crippen LogP contribution is -2.49. The number of nitrogens with zero attached hydrogens (tertiary/aromatic N) is 5. The standard InChI is InChI=1S/C23H23ClN6O3S2/c24-18-1-6-21-17(15-18)7-9-29(21)10-8-22(31)30-13-11-28(12-14-30)19-2-4-20(5-3-19)35(32,33)27-23-25-16-26-34-23/h1-7,9,15-16H,8,10-14H2,(H,25,26,27). The molecule has 1 aliphatic heterocycles. The van der Waals surface area contributed by atoms with Crippen LogP contribution in [0.3, 0.4) is 0 Å². The molecule has 1 saturated heterocycles. The lowest BCUT2D eigenvalue weighted by molar-refractivity contribution is -0.131. The molecule has 1 aliphatic rings. The van der Waals surface area contributed by atoms with E-state index in [4.69, 9.17) is 11.6 Å². The Hall–Kier alpha value is -3.15. The molecular weight excluding hydrogens is 508 g/mol. The number of fused-ring (bicyclic) bond motifs is 1. The summed E-state index contributed by atoms with van der Waals surface area (Å²) < 4.78 is 33.3. The van der Waals surface area contributed by atoms with E-state index in [1.54, 1.807) is 24.3 Å². The van der Waals surface area contributed by atoms with Crippen LogP contribution in [0.25, 0.3) is 10.9 Å². The number of sulfonamides is 1. The molecule has 12 heteroatoms. The van der Waals surface area contributed by atoms with Crippen LogP contribution in [0.4, 0.5) is 10.8 Å². The molecule has 182 valence electrons. The number of piperazine rings is 1. The summed E-state index contributed by atoms with van der Waals surface area (Å²) in [4.78, 5) is 20.9. The number of aromatic nitrogens is 3. The van der Waals surface area contributed by atoms with Crippen LogP contribution < -0.4 is 9.62 Å². The van der Waals surface area contributed by atoms with E-state index in [1.165, 1.54) is 6.33 Å². The molecular formula is C23H23ClN6O3S2. The molecule has 2 aromatic carbocycles.